The number of anilines is 1. The van der Waals surface area contributed by atoms with Gasteiger partial charge in [0.15, 0.2) is 0 Å². The Morgan fingerprint density at radius 2 is 1.84 bits per heavy atom. The zero-order chi connectivity index (χ0) is 21.6. The number of carbonyl (C=O) groups excluding carboxylic acids is 2. The van der Waals surface area contributed by atoms with E-state index >= 15 is 0 Å². The largest absolute Gasteiger partial charge is 0.361 e. The third-order valence-corrected chi connectivity index (χ3v) is 6.68. The van der Waals surface area contributed by atoms with Gasteiger partial charge in [0.25, 0.3) is 0 Å². The molecule has 1 N–H and O–H groups in total. The third kappa shape index (κ3) is 3.03. The van der Waals surface area contributed by atoms with Crippen molar-refractivity contribution in [1.29, 1.82) is 0 Å². The third-order valence-electron chi connectivity index (χ3n) is 6.19. The van der Waals surface area contributed by atoms with E-state index in [0.29, 0.717) is 6.54 Å². The van der Waals surface area contributed by atoms with Crippen LogP contribution in [0.4, 0.5) is 5.69 Å². The highest BCUT2D eigenvalue weighted by Gasteiger charge is 2.52. The normalized spacial score (nSPS) is 17.9. The first kappa shape index (κ1) is 19.8. The van der Waals surface area contributed by atoms with E-state index in [1.807, 2.05) is 78.7 Å². The molecule has 3 aromatic carbocycles. The first-order valence-corrected chi connectivity index (χ1v) is 11.0. The number of aldehydes is 1. The molecule has 4 nitrogen and oxygen atoms in total. The number of rotatable bonds is 5. The first-order chi connectivity index (χ1) is 15.0. The van der Waals surface area contributed by atoms with Crippen molar-refractivity contribution in [3.05, 3.63) is 99.7 Å². The second kappa shape index (κ2) is 7.50. The van der Waals surface area contributed by atoms with Gasteiger partial charge in [0.05, 0.1) is 6.54 Å². The van der Waals surface area contributed by atoms with E-state index in [-0.39, 0.29) is 12.3 Å². The lowest BCUT2D eigenvalue weighted by atomic mass is 9.73. The van der Waals surface area contributed by atoms with Gasteiger partial charge in [-0.2, -0.15) is 0 Å². The molecule has 0 unspecified atom stereocenters. The number of nitrogens with one attached hydrogen (secondary N) is 1. The molecule has 1 atom stereocenters. The Hall–Kier alpha value is -3.18. The summed E-state index contributed by atoms with van der Waals surface area (Å²) in [5, 5.41) is 0.943. The summed E-state index contributed by atoms with van der Waals surface area (Å²) >= 11 is 3.55. The molecule has 0 spiro atoms. The molecule has 5 rings (SSSR count). The molecule has 1 amide bonds. The number of halogens is 1. The second-order valence-corrected chi connectivity index (χ2v) is 8.98. The van der Waals surface area contributed by atoms with Crippen LogP contribution in [0.25, 0.3) is 10.9 Å². The maximum Gasteiger partial charge on any atom is 0.243 e. The van der Waals surface area contributed by atoms with E-state index < -0.39 is 5.41 Å². The Bertz CT molecular complexity index is 1310. The number of aromatic nitrogens is 1. The molecule has 1 aliphatic heterocycles. The smallest absolute Gasteiger partial charge is 0.243 e. The Balaban J connectivity index is 1.76. The second-order valence-electron chi connectivity index (χ2n) is 8.07. The average Bonchev–Trinajstić information content (AvgIpc) is 3.28. The van der Waals surface area contributed by atoms with Crippen molar-refractivity contribution < 1.29 is 9.59 Å². The Morgan fingerprint density at radius 3 is 2.61 bits per heavy atom. The van der Waals surface area contributed by atoms with Crippen molar-refractivity contribution in [3.63, 3.8) is 0 Å². The van der Waals surface area contributed by atoms with Crippen molar-refractivity contribution in [3.8, 4) is 0 Å². The number of benzene rings is 3. The van der Waals surface area contributed by atoms with Gasteiger partial charge >= 0.3 is 0 Å². The zero-order valence-electron chi connectivity index (χ0n) is 17.1. The molecule has 5 heteroatoms. The number of carbonyl (C=O) groups is 2. The number of H-pyrrole nitrogens is 1. The van der Waals surface area contributed by atoms with Gasteiger partial charge in [-0.3, -0.25) is 4.79 Å². The number of aromatic amines is 1. The summed E-state index contributed by atoms with van der Waals surface area (Å²) in [6.07, 6.45) is 2.84. The fourth-order valence-electron chi connectivity index (χ4n) is 4.74. The van der Waals surface area contributed by atoms with Gasteiger partial charge in [-0.15, -0.1) is 0 Å². The molecule has 4 aromatic rings. The fraction of sp³-hybridized carbons (Fsp3) is 0.154. The van der Waals surface area contributed by atoms with E-state index in [9.17, 15) is 9.59 Å². The standard InChI is InChI=1S/C26H21BrN2O2/c1-17-7-10-24-21(13-17)26(11-12-30,22-15-28-23-9-8-19(27)14-20(22)23)25(31)29(24)16-18-5-3-2-4-6-18/h2-10,12-15,28H,11,16H2,1H3/t26-/m1/s1. The van der Waals surface area contributed by atoms with Crippen LogP contribution in [0, 0.1) is 6.92 Å². The minimum absolute atomic E-state index is 0.0649. The predicted octanol–water partition coefficient (Wildman–Crippen LogP) is 5.66. The lowest BCUT2D eigenvalue weighted by Crippen LogP contribution is -2.41. The van der Waals surface area contributed by atoms with Crippen LogP contribution in [0.2, 0.25) is 0 Å². The van der Waals surface area contributed by atoms with Crippen LogP contribution in [0.5, 0.6) is 0 Å². The average molecular weight is 473 g/mol. The van der Waals surface area contributed by atoms with E-state index in [1.165, 1.54) is 0 Å². The highest BCUT2D eigenvalue weighted by atomic mass is 79.9. The zero-order valence-corrected chi connectivity index (χ0v) is 18.6. The summed E-state index contributed by atoms with van der Waals surface area (Å²) in [7, 11) is 0. The number of aryl methyl sites for hydroxylation is 1. The Kier molecular flexibility index (Phi) is 4.78. The van der Waals surface area contributed by atoms with Gasteiger partial charge < -0.3 is 14.7 Å². The maximum absolute atomic E-state index is 14.2. The molecule has 31 heavy (non-hydrogen) atoms. The van der Waals surface area contributed by atoms with Crippen LogP contribution in [-0.2, 0) is 21.5 Å². The van der Waals surface area contributed by atoms with Gasteiger partial charge in [0, 0.05) is 33.7 Å². The quantitative estimate of drug-likeness (QED) is 0.381. The van der Waals surface area contributed by atoms with Crippen molar-refractivity contribution >= 4 is 44.7 Å². The Morgan fingerprint density at radius 1 is 1.03 bits per heavy atom. The van der Waals surface area contributed by atoms with Crippen molar-refractivity contribution in [2.45, 2.75) is 25.3 Å². The molecule has 0 fully saturated rings. The number of hydrogen-bond donors (Lipinski definition) is 1. The minimum Gasteiger partial charge on any atom is -0.361 e. The van der Waals surface area contributed by atoms with Gasteiger partial charge in [0.2, 0.25) is 5.91 Å². The SMILES string of the molecule is Cc1ccc2c(c1)[C@](CC=O)(c1c[nH]c3ccc(Br)cc13)C(=O)N2Cc1ccccc1. The summed E-state index contributed by atoms with van der Waals surface area (Å²) in [5.74, 6) is -0.0649. The molecular formula is C26H21BrN2O2. The van der Waals surface area contributed by atoms with Crippen LogP contribution < -0.4 is 4.90 Å². The molecule has 2 heterocycles. The van der Waals surface area contributed by atoms with Crippen molar-refractivity contribution in [2.75, 3.05) is 4.90 Å². The van der Waals surface area contributed by atoms with E-state index in [4.69, 9.17) is 0 Å². The summed E-state index contributed by atoms with van der Waals surface area (Å²) in [6, 6.07) is 22.0. The summed E-state index contributed by atoms with van der Waals surface area (Å²) in [4.78, 5) is 31.3. The minimum atomic E-state index is -1.06. The highest BCUT2D eigenvalue weighted by molar-refractivity contribution is 9.10. The topological polar surface area (TPSA) is 53.2 Å². The molecule has 0 saturated heterocycles. The van der Waals surface area contributed by atoms with Crippen LogP contribution >= 0.6 is 15.9 Å². The number of nitrogens with zero attached hydrogens (tertiary/aromatic N) is 1. The molecule has 0 bridgehead atoms. The van der Waals surface area contributed by atoms with E-state index in [2.05, 4.69) is 27.0 Å². The number of fused-ring (bicyclic) bond motifs is 2. The van der Waals surface area contributed by atoms with Gasteiger partial charge in [0.1, 0.15) is 11.7 Å². The fourth-order valence-corrected chi connectivity index (χ4v) is 5.10. The molecule has 0 radical (unpaired) electrons. The monoisotopic (exact) mass is 472 g/mol. The van der Waals surface area contributed by atoms with E-state index in [1.54, 1.807) is 0 Å². The lowest BCUT2D eigenvalue weighted by Gasteiger charge is -2.27. The highest BCUT2D eigenvalue weighted by Crippen LogP contribution is 2.50. The van der Waals surface area contributed by atoms with Gasteiger partial charge in [-0.1, -0.05) is 64.0 Å². The summed E-state index contributed by atoms with van der Waals surface area (Å²) in [6.45, 7) is 2.48. The van der Waals surface area contributed by atoms with Crippen LogP contribution in [0.3, 0.4) is 0 Å². The Labute approximate surface area is 189 Å². The number of hydrogen-bond acceptors (Lipinski definition) is 2. The van der Waals surface area contributed by atoms with Crippen LogP contribution in [0.15, 0.2) is 77.4 Å². The van der Waals surface area contributed by atoms with Gasteiger partial charge in [-0.05, 0) is 47.9 Å². The molecular weight excluding hydrogens is 452 g/mol. The molecule has 0 saturated carbocycles. The number of amides is 1. The summed E-state index contributed by atoms with van der Waals surface area (Å²) < 4.78 is 0.929. The first-order valence-electron chi connectivity index (χ1n) is 10.2. The molecule has 154 valence electrons. The molecule has 0 aliphatic carbocycles. The summed E-state index contributed by atoms with van der Waals surface area (Å²) in [5.41, 5.74) is 4.58. The van der Waals surface area contributed by atoms with Crippen LogP contribution in [0.1, 0.15) is 28.7 Å². The van der Waals surface area contributed by atoms with Crippen molar-refractivity contribution in [2.24, 2.45) is 0 Å². The molecule has 1 aliphatic rings. The maximum atomic E-state index is 14.2. The van der Waals surface area contributed by atoms with Gasteiger partial charge in [-0.25, -0.2) is 0 Å². The molecule has 1 aromatic heterocycles. The lowest BCUT2D eigenvalue weighted by molar-refractivity contribution is -0.124. The van der Waals surface area contributed by atoms with Crippen molar-refractivity contribution in [1.82, 2.24) is 4.98 Å². The predicted molar refractivity (Wildman–Crippen MR) is 126 cm³/mol. The van der Waals surface area contributed by atoms with E-state index in [0.717, 1.165) is 49.6 Å². The van der Waals surface area contributed by atoms with Crippen LogP contribution in [-0.4, -0.2) is 17.2 Å².